The Balaban J connectivity index is 1.24. The normalized spacial score (nSPS) is 19.4. The Labute approximate surface area is 221 Å². The summed E-state index contributed by atoms with van der Waals surface area (Å²) < 4.78 is 46.9. The molecule has 5 rings (SSSR count). The molecule has 0 aromatic carbocycles. The van der Waals surface area contributed by atoms with E-state index in [9.17, 15) is 18.0 Å². The second kappa shape index (κ2) is 10.2. The van der Waals surface area contributed by atoms with Crippen LogP contribution >= 0.6 is 0 Å². The number of rotatable bonds is 4. The number of anilines is 4. The number of amides is 1. The third kappa shape index (κ3) is 5.36. The van der Waals surface area contributed by atoms with Crippen molar-refractivity contribution in [3.8, 4) is 11.6 Å². The SMILES string of the molecule is C[C@H]1CN(c2ncc(-c3nnc(N)o3)nc2C(F)(F)F)CCN1C1CCN(C(=O)c2ccc(N)nc2N)CC1. The van der Waals surface area contributed by atoms with Gasteiger partial charge in [0, 0.05) is 44.8 Å². The van der Waals surface area contributed by atoms with Gasteiger partial charge in [-0.25, -0.2) is 15.0 Å². The molecule has 0 aliphatic carbocycles. The maximum atomic E-state index is 14.0. The standard InChI is InChI=1S/C23H28F3N11O2/c1-12-11-36(19-17(23(24,25)26)31-15(10-30-19)20-33-34-22(29)39-20)8-9-37(12)13-4-6-35(7-5-13)21(38)14-2-3-16(27)32-18(14)28/h2-3,10,12-13H,4-9,11H2,1H3,(H2,29,34)(H4,27,28,32)/t12-/m0/s1. The highest BCUT2D eigenvalue weighted by molar-refractivity contribution is 5.98. The third-order valence-corrected chi connectivity index (χ3v) is 7.06. The van der Waals surface area contributed by atoms with Gasteiger partial charge < -0.3 is 31.4 Å². The lowest BCUT2D eigenvalue weighted by atomic mass is 9.99. The largest absolute Gasteiger partial charge is 0.437 e. The van der Waals surface area contributed by atoms with Crippen molar-refractivity contribution in [2.75, 3.05) is 54.8 Å². The molecule has 16 heteroatoms. The fourth-order valence-corrected chi connectivity index (χ4v) is 5.19. The Kier molecular flexibility index (Phi) is 6.88. The maximum absolute atomic E-state index is 14.0. The van der Waals surface area contributed by atoms with Crippen LogP contribution in [0.1, 0.15) is 35.8 Å². The second-order valence-corrected chi connectivity index (χ2v) is 9.60. The summed E-state index contributed by atoms with van der Waals surface area (Å²) in [4.78, 5) is 30.3. The zero-order valence-electron chi connectivity index (χ0n) is 21.1. The lowest BCUT2D eigenvalue weighted by Crippen LogP contribution is -2.58. The molecule has 208 valence electrons. The van der Waals surface area contributed by atoms with Gasteiger partial charge in [-0.15, -0.1) is 5.10 Å². The van der Waals surface area contributed by atoms with Gasteiger partial charge >= 0.3 is 12.2 Å². The van der Waals surface area contributed by atoms with E-state index in [1.54, 1.807) is 21.9 Å². The van der Waals surface area contributed by atoms with E-state index in [1.165, 1.54) is 6.20 Å². The van der Waals surface area contributed by atoms with Crippen LogP contribution in [0.5, 0.6) is 0 Å². The summed E-state index contributed by atoms with van der Waals surface area (Å²) in [7, 11) is 0. The first-order chi connectivity index (χ1) is 18.5. The smallest absolute Gasteiger partial charge is 0.402 e. The summed E-state index contributed by atoms with van der Waals surface area (Å²) in [5.74, 6) is -0.336. The van der Waals surface area contributed by atoms with Crippen LogP contribution in [0.4, 0.5) is 36.6 Å². The van der Waals surface area contributed by atoms with Crippen molar-refractivity contribution in [1.82, 2.24) is 34.9 Å². The number of piperidine rings is 1. The van der Waals surface area contributed by atoms with E-state index in [1.807, 2.05) is 6.92 Å². The summed E-state index contributed by atoms with van der Waals surface area (Å²) in [5, 5.41) is 7.05. The van der Waals surface area contributed by atoms with Gasteiger partial charge in [-0.2, -0.15) is 13.2 Å². The van der Waals surface area contributed by atoms with Crippen LogP contribution in [0.2, 0.25) is 0 Å². The molecule has 39 heavy (non-hydrogen) atoms. The van der Waals surface area contributed by atoms with Gasteiger partial charge in [0.1, 0.15) is 17.3 Å². The van der Waals surface area contributed by atoms with Crippen molar-refractivity contribution in [3.05, 3.63) is 29.6 Å². The van der Waals surface area contributed by atoms with Crippen molar-refractivity contribution in [3.63, 3.8) is 0 Å². The minimum absolute atomic E-state index is 0.0544. The monoisotopic (exact) mass is 547 g/mol. The molecule has 0 spiro atoms. The molecule has 1 atom stereocenters. The summed E-state index contributed by atoms with van der Waals surface area (Å²) >= 11 is 0. The summed E-state index contributed by atoms with van der Waals surface area (Å²) in [6.07, 6.45) is -2.11. The quantitative estimate of drug-likeness (QED) is 0.429. The van der Waals surface area contributed by atoms with E-state index >= 15 is 0 Å². The highest BCUT2D eigenvalue weighted by Crippen LogP contribution is 2.36. The van der Waals surface area contributed by atoms with Crippen LogP contribution in [0.15, 0.2) is 22.7 Å². The van der Waals surface area contributed by atoms with E-state index in [4.69, 9.17) is 21.6 Å². The van der Waals surface area contributed by atoms with Crippen molar-refractivity contribution in [2.24, 2.45) is 0 Å². The van der Waals surface area contributed by atoms with Gasteiger partial charge in [0.15, 0.2) is 11.5 Å². The van der Waals surface area contributed by atoms with Crippen molar-refractivity contribution >= 4 is 29.4 Å². The third-order valence-electron chi connectivity index (χ3n) is 7.06. The molecule has 5 heterocycles. The molecule has 0 radical (unpaired) electrons. The highest BCUT2D eigenvalue weighted by Gasteiger charge is 2.41. The average Bonchev–Trinajstić information content (AvgIpc) is 3.34. The Morgan fingerprint density at radius 1 is 1.05 bits per heavy atom. The van der Waals surface area contributed by atoms with Crippen molar-refractivity contribution in [2.45, 2.75) is 38.0 Å². The molecule has 1 amide bonds. The van der Waals surface area contributed by atoms with Crippen LogP contribution < -0.4 is 22.1 Å². The number of hydrogen-bond donors (Lipinski definition) is 3. The van der Waals surface area contributed by atoms with E-state index in [0.717, 1.165) is 12.8 Å². The number of carbonyl (C=O) groups excluding carboxylic acids is 1. The minimum Gasteiger partial charge on any atom is -0.402 e. The number of piperazine rings is 1. The lowest BCUT2D eigenvalue weighted by molar-refractivity contribution is -0.140. The Bertz CT molecular complexity index is 1360. The predicted octanol–water partition coefficient (Wildman–Crippen LogP) is 1.50. The second-order valence-electron chi connectivity index (χ2n) is 9.60. The molecule has 0 saturated carbocycles. The molecular weight excluding hydrogens is 519 g/mol. The Morgan fingerprint density at radius 2 is 1.79 bits per heavy atom. The van der Waals surface area contributed by atoms with Gasteiger partial charge in [-0.1, -0.05) is 5.10 Å². The van der Waals surface area contributed by atoms with E-state index in [2.05, 4.69) is 30.0 Å². The number of pyridine rings is 1. The molecule has 13 nitrogen and oxygen atoms in total. The van der Waals surface area contributed by atoms with Crippen LogP contribution in [-0.4, -0.2) is 85.7 Å². The van der Waals surface area contributed by atoms with Crippen LogP contribution in [0.25, 0.3) is 11.6 Å². The zero-order chi connectivity index (χ0) is 27.9. The number of nitrogens with two attached hydrogens (primary N) is 3. The first-order valence-electron chi connectivity index (χ1n) is 12.4. The summed E-state index contributed by atoms with van der Waals surface area (Å²) in [5.41, 5.74) is 15.9. The summed E-state index contributed by atoms with van der Waals surface area (Å²) in [6.45, 7) is 4.24. The average molecular weight is 548 g/mol. The Morgan fingerprint density at radius 3 is 2.41 bits per heavy atom. The molecular formula is C23H28F3N11O2. The number of likely N-dealkylation sites (tertiary alicyclic amines) is 1. The number of hydrogen-bond acceptors (Lipinski definition) is 12. The van der Waals surface area contributed by atoms with Gasteiger partial charge in [0.25, 0.3) is 11.8 Å². The highest BCUT2D eigenvalue weighted by atomic mass is 19.4. The lowest BCUT2D eigenvalue weighted by Gasteiger charge is -2.47. The van der Waals surface area contributed by atoms with Gasteiger partial charge in [0.2, 0.25) is 0 Å². The molecule has 0 unspecified atom stereocenters. The molecule has 2 saturated heterocycles. The minimum atomic E-state index is -4.74. The number of aromatic nitrogens is 5. The predicted molar refractivity (Wildman–Crippen MR) is 135 cm³/mol. The van der Waals surface area contributed by atoms with E-state index < -0.39 is 11.9 Å². The zero-order valence-corrected chi connectivity index (χ0v) is 21.1. The molecule has 2 aliphatic heterocycles. The first kappa shape index (κ1) is 26.4. The number of nitrogens with zero attached hydrogens (tertiary/aromatic N) is 8. The number of nitrogen functional groups attached to an aromatic ring is 3. The van der Waals surface area contributed by atoms with E-state index in [0.29, 0.717) is 38.3 Å². The van der Waals surface area contributed by atoms with Crippen LogP contribution in [0, 0.1) is 0 Å². The van der Waals surface area contributed by atoms with Crippen molar-refractivity contribution in [1.29, 1.82) is 0 Å². The number of halogens is 3. The first-order valence-corrected chi connectivity index (χ1v) is 12.4. The topological polar surface area (TPSA) is 182 Å². The van der Waals surface area contributed by atoms with E-state index in [-0.39, 0.29) is 53.0 Å². The molecule has 3 aromatic rings. The summed E-state index contributed by atoms with van der Waals surface area (Å²) in [6, 6.07) is 2.97. The van der Waals surface area contributed by atoms with Crippen molar-refractivity contribution < 1.29 is 22.4 Å². The van der Waals surface area contributed by atoms with Gasteiger partial charge in [-0.05, 0) is 31.9 Å². The van der Waals surface area contributed by atoms with Gasteiger partial charge in [0.05, 0.1) is 11.8 Å². The Hall–Kier alpha value is -4.21. The molecule has 3 aromatic heterocycles. The fraction of sp³-hybridized carbons (Fsp3) is 0.478. The van der Waals surface area contributed by atoms with Crippen LogP contribution in [-0.2, 0) is 6.18 Å². The molecule has 2 aliphatic rings. The molecule has 0 bridgehead atoms. The number of alkyl halides is 3. The fourth-order valence-electron chi connectivity index (χ4n) is 5.19. The molecule has 6 N–H and O–H groups in total. The molecule has 2 fully saturated rings. The number of carbonyl (C=O) groups is 1. The van der Waals surface area contributed by atoms with Crippen LogP contribution in [0.3, 0.4) is 0 Å². The maximum Gasteiger partial charge on any atom is 0.437 e. The van der Waals surface area contributed by atoms with Gasteiger partial charge in [-0.3, -0.25) is 9.69 Å².